The van der Waals surface area contributed by atoms with Crippen molar-refractivity contribution in [2.45, 2.75) is 37.5 Å². The van der Waals surface area contributed by atoms with Crippen molar-refractivity contribution < 1.29 is 23.1 Å². The summed E-state index contributed by atoms with van der Waals surface area (Å²) in [5, 5.41) is 12.7. The van der Waals surface area contributed by atoms with E-state index in [4.69, 9.17) is 0 Å². The molecule has 0 saturated carbocycles. The average molecular weight is 362 g/mol. The molecular formula is C16H25F3N4O2. The van der Waals surface area contributed by atoms with Crippen LogP contribution in [-0.4, -0.2) is 58.3 Å². The van der Waals surface area contributed by atoms with Gasteiger partial charge in [-0.25, -0.2) is 4.98 Å². The second kappa shape index (κ2) is 7.74. The molecule has 1 aliphatic heterocycles. The number of carbonyl (C=O) groups is 1. The number of nitrogens with zero attached hydrogens (tertiary/aromatic N) is 3. The Labute approximate surface area is 145 Å². The molecule has 1 aromatic rings. The molecule has 0 unspecified atom stereocenters. The number of likely N-dealkylation sites (tertiary alicyclic amines) is 1. The minimum atomic E-state index is -5.00. The normalized spacial score (nSPS) is 19.6. The number of imidazole rings is 1. The fourth-order valence-electron chi connectivity index (χ4n) is 3.13. The number of halogens is 3. The van der Waals surface area contributed by atoms with Crippen LogP contribution in [0.25, 0.3) is 0 Å². The zero-order chi connectivity index (χ0) is 18.7. The highest BCUT2D eigenvalue weighted by molar-refractivity contribution is 5.77. The SMILES string of the molecule is CN1CCC(CCNC(=O)C[C@@](O)(c2nccn2C)C(F)(F)F)CC1. The van der Waals surface area contributed by atoms with Crippen molar-refractivity contribution in [3.8, 4) is 0 Å². The summed E-state index contributed by atoms with van der Waals surface area (Å²) in [5.74, 6) is -0.964. The first-order chi connectivity index (χ1) is 11.6. The van der Waals surface area contributed by atoms with Crippen molar-refractivity contribution in [2.75, 3.05) is 26.7 Å². The van der Waals surface area contributed by atoms with Crippen LogP contribution in [0.1, 0.15) is 31.5 Å². The van der Waals surface area contributed by atoms with E-state index in [-0.39, 0.29) is 0 Å². The highest BCUT2D eigenvalue weighted by atomic mass is 19.4. The minimum Gasteiger partial charge on any atom is -0.374 e. The van der Waals surface area contributed by atoms with Gasteiger partial charge >= 0.3 is 6.18 Å². The molecule has 0 spiro atoms. The van der Waals surface area contributed by atoms with Crippen molar-refractivity contribution in [1.29, 1.82) is 0 Å². The molecule has 9 heteroatoms. The minimum absolute atomic E-state index is 0.307. The number of hydrogen-bond donors (Lipinski definition) is 2. The van der Waals surface area contributed by atoms with Crippen LogP contribution in [0.15, 0.2) is 12.4 Å². The van der Waals surface area contributed by atoms with Gasteiger partial charge in [-0.05, 0) is 45.3 Å². The van der Waals surface area contributed by atoms with Gasteiger partial charge < -0.3 is 19.9 Å². The van der Waals surface area contributed by atoms with E-state index in [2.05, 4.69) is 15.2 Å². The van der Waals surface area contributed by atoms with Crippen LogP contribution in [0, 0.1) is 5.92 Å². The third-order valence-electron chi connectivity index (χ3n) is 4.79. The highest BCUT2D eigenvalue weighted by Gasteiger charge is 2.58. The quantitative estimate of drug-likeness (QED) is 0.803. The summed E-state index contributed by atoms with van der Waals surface area (Å²) in [5.41, 5.74) is -3.30. The molecule has 6 nitrogen and oxygen atoms in total. The third kappa shape index (κ3) is 4.72. The van der Waals surface area contributed by atoms with Crippen molar-refractivity contribution in [3.63, 3.8) is 0 Å². The number of piperidine rings is 1. The van der Waals surface area contributed by atoms with E-state index in [0.29, 0.717) is 12.5 Å². The standard InChI is InChI=1S/C16H25F3N4O2/c1-22-8-4-12(5-9-22)3-6-20-13(24)11-15(25,16(17,18)19)14-21-7-10-23(14)2/h7,10,12,25H,3-6,8-9,11H2,1-2H3,(H,20,24)/t15-/m1/s1. The van der Waals surface area contributed by atoms with Crippen LogP contribution in [0.3, 0.4) is 0 Å². The number of aryl methyl sites for hydroxylation is 1. The zero-order valence-corrected chi connectivity index (χ0v) is 14.5. The maximum atomic E-state index is 13.4. The number of nitrogens with one attached hydrogen (secondary N) is 1. The molecule has 1 amide bonds. The first-order valence-corrected chi connectivity index (χ1v) is 8.35. The summed E-state index contributed by atoms with van der Waals surface area (Å²) in [6.07, 6.45) is -0.884. The molecule has 1 aromatic heterocycles. The molecule has 0 aliphatic carbocycles. The van der Waals surface area contributed by atoms with E-state index < -0.39 is 29.9 Å². The second-order valence-corrected chi connectivity index (χ2v) is 6.78. The van der Waals surface area contributed by atoms with E-state index in [1.807, 2.05) is 7.05 Å². The van der Waals surface area contributed by atoms with E-state index in [9.17, 15) is 23.1 Å². The van der Waals surface area contributed by atoms with E-state index in [1.165, 1.54) is 13.2 Å². The molecule has 1 aliphatic rings. The summed E-state index contributed by atoms with van der Waals surface area (Å²) in [6, 6.07) is 0. The lowest BCUT2D eigenvalue weighted by Gasteiger charge is -2.30. The number of aromatic nitrogens is 2. The lowest BCUT2D eigenvalue weighted by Crippen LogP contribution is -2.48. The van der Waals surface area contributed by atoms with Crippen molar-refractivity contribution in [1.82, 2.24) is 19.8 Å². The lowest BCUT2D eigenvalue weighted by atomic mass is 9.93. The number of amides is 1. The van der Waals surface area contributed by atoms with Crippen LogP contribution in [0.5, 0.6) is 0 Å². The summed E-state index contributed by atoms with van der Waals surface area (Å²) in [6.45, 7) is 2.29. The number of aliphatic hydroxyl groups is 1. The van der Waals surface area contributed by atoms with Crippen LogP contribution in [0.2, 0.25) is 0 Å². The van der Waals surface area contributed by atoms with Gasteiger partial charge in [0.1, 0.15) is 0 Å². The summed E-state index contributed by atoms with van der Waals surface area (Å²) < 4.78 is 41.2. The number of alkyl halides is 3. The molecule has 25 heavy (non-hydrogen) atoms. The first-order valence-electron chi connectivity index (χ1n) is 8.35. The predicted molar refractivity (Wildman–Crippen MR) is 85.6 cm³/mol. The summed E-state index contributed by atoms with van der Waals surface area (Å²) in [7, 11) is 3.39. The van der Waals surface area contributed by atoms with Gasteiger partial charge in [-0.1, -0.05) is 0 Å². The molecule has 142 valence electrons. The van der Waals surface area contributed by atoms with E-state index >= 15 is 0 Å². The molecule has 2 heterocycles. The monoisotopic (exact) mass is 362 g/mol. The maximum Gasteiger partial charge on any atom is 0.425 e. The number of carbonyl (C=O) groups excluding carboxylic acids is 1. The van der Waals surface area contributed by atoms with Crippen LogP contribution in [0.4, 0.5) is 13.2 Å². The van der Waals surface area contributed by atoms with Crippen molar-refractivity contribution >= 4 is 5.91 Å². The lowest BCUT2D eigenvalue weighted by molar-refractivity contribution is -0.271. The molecule has 0 aromatic carbocycles. The molecular weight excluding hydrogens is 337 g/mol. The highest BCUT2D eigenvalue weighted by Crippen LogP contribution is 2.40. The van der Waals surface area contributed by atoms with Crippen LogP contribution >= 0.6 is 0 Å². The smallest absolute Gasteiger partial charge is 0.374 e. The van der Waals surface area contributed by atoms with Crippen molar-refractivity contribution in [3.05, 3.63) is 18.2 Å². The maximum absolute atomic E-state index is 13.4. The number of rotatable bonds is 6. The van der Waals surface area contributed by atoms with Gasteiger partial charge in [0.05, 0.1) is 6.42 Å². The van der Waals surface area contributed by atoms with Gasteiger partial charge in [0, 0.05) is 26.0 Å². The Balaban J connectivity index is 1.91. The molecule has 1 atom stereocenters. The predicted octanol–water partition coefficient (Wildman–Crippen LogP) is 1.41. The molecule has 1 saturated heterocycles. The third-order valence-corrected chi connectivity index (χ3v) is 4.79. The van der Waals surface area contributed by atoms with Crippen LogP contribution in [-0.2, 0) is 17.4 Å². The Bertz CT molecular complexity index is 582. The Hall–Kier alpha value is -1.61. The Morgan fingerprint density at radius 1 is 1.36 bits per heavy atom. The van der Waals surface area contributed by atoms with E-state index in [1.54, 1.807) is 0 Å². The van der Waals surface area contributed by atoms with Gasteiger partial charge in [0.2, 0.25) is 11.5 Å². The second-order valence-electron chi connectivity index (χ2n) is 6.78. The molecule has 2 rings (SSSR count). The zero-order valence-electron chi connectivity index (χ0n) is 14.5. The van der Waals surface area contributed by atoms with Gasteiger partial charge in [-0.3, -0.25) is 4.79 Å². The Morgan fingerprint density at radius 2 is 2.00 bits per heavy atom. The fourth-order valence-corrected chi connectivity index (χ4v) is 3.13. The first kappa shape index (κ1) is 19.7. The Morgan fingerprint density at radius 3 is 2.52 bits per heavy atom. The van der Waals surface area contributed by atoms with E-state index in [0.717, 1.165) is 43.1 Å². The van der Waals surface area contributed by atoms with Crippen molar-refractivity contribution in [2.24, 2.45) is 13.0 Å². The molecule has 1 fully saturated rings. The van der Waals surface area contributed by atoms with Gasteiger partial charge in [-0.2, -0.15) is 13.2 Å². The summed E-state index contributed by atoms with van der Waals surface area (Å²) in [4.78, 5) is 17.8. The summed E-state index contributed by atoms with van der Waals surface area (Å²) >= 11 is 0. The number of hydrogen-bond acceptors (Lipinski definition) is 4. The topological polar surface area (TPSA) is 70.4 Å². The fraction of sp³-hybridized carbons (Fsp3) is 0.750. The molecule has 0 radical (unpaired) electrons. The Kier molecular flexibility index (Phi) is 6.10. The largest absolute Gasteiger partial charge is 0.425 e. The van der Waals surface area contributed by atoms with Gasteiger partial charge in [0.15, 0.2) is 5.82 Å². The van der Waals surface area contributed by atoms with Gasteiger partial charge in [-0.15, -0.1) is 0 Å². The average Bonchev–Trinajstić information content (AvgIpc) is 2.94. The molecule has 0 bridgehead atoms. The van der Waals surface area contributed by atoms with Crippen LogP contribution < -0.4 is 5.32 Å². The van der Waals surface area contributed by atoms with Gasteiger partial charge in [0.25, 0.3) is 0 Å². The molecule has 2 N–H and O–H groups in total.